The number of aliphatic carboxylic acids is 1. The summed E-state index contributed by atoms with van der Waals surface area (Å²) in [5, 5.41) is 31.5. The van der Waals surface area contributed by atoms with Crippen LogP contribution in [-0.4, -0.2) is 38.0 Å². The normalized spacial score (nSPS) is 18.2. The average molecular weight is 539 g/mol. The topological polar surface area (TPSA) is 148 Å². The number of nitrogens with zero attached hydrogens (tertiary/aromatic N) is 3. The molecule has 0 radical (unpaired) electrons. The number of allylic oxidation sites excluding steroid dienone is 6. The van der Waals surface area contributed by atoms with E-state index in [0.29, 0.717) is 12.5 Å². The Kier molecular flexibility index (Phi) is 9.92. The highest BCUT2D eigenvalue weighted by atomic mass is 16.6. The molecule has 0 atom stereocenters. The van der Waals surface area contributed by atoms with Crippen molar-refractivity contribution in [3.05, 3.63) is 97.0 Å². The van der Waals surface area contributed by atoms with Gasteiger partial charge in [0.1, 0.15) is 6.42 Å². The van der Waals surface area contributed by atoms with Crippen LogP contribution in [0.4, 0.5) is 5.69 Å². The third-order valence-electron chi connectivity index (χ3n) is 7.24. The highest BCUT2D eigenvalue weighted by Crippen LogP contribution is 2.47. The number of carboxylic acid groups (broad SMARTS) is 1. The fourth-order valence-electron chi connectivity index (χ4n) is 5.15. The smallest absolute Gasteiger partial charge is 0.344 e. The molecule has 0 bridgehead atoms. The summed E-state index contributed by atoms with van der Waals surface area (Å²) < 4.78 is 0. The Morgan fingerprint density at radius 2 is 1.56 bits per heavy atom. The molecular weight excluding hydrogens is 502 g/mol. The molecule has 0 amide bonds. The Morgan fingerprint density at radius 1 is 0.949 bits per heavy atom. The molecule has 2 aliphatic rings. The number of fused-ring (bicyclic) bond motifs is 1. The molecule has 39 heavy (non-hydrogen) atoms. The largest absolute Gasteiger partial charge is 0.480 e. The van der Waals surface area contributed by atoms with Crippen molar-refractivity contribution in [2.24, 2.45) is 0 Å². The Labute approximate surface area is 227 Å². The number of carboxylic acids is 1. The first-order chi connectivity index (χ1) is 18.5. The monoisotopic (exact) mass is 538 g/mol. The van der Waals surface area contributed by atoms with Crippen molar-refractivity contribution in [1.82, 2.24) is 0 Å². The third-order valence-corrected chi connectivity index (χ3v) is 7.24. The Balaban J connectivity index is 1.72. The lowest BCUT2D eigenvalue weighted by atomic mass is 9.83. The lowest BCUT2D eigenvalue weighted by molar-refractivity contribution is -0.431. The van der Waals surface area contributed by atoms with Gasteiger partial charge in [-0.05, 0) is 36.6 Å². The molecule has 2 N–H and O–H groups in total. The number of carbonyl (C=O) groups is 1. The van der Waals surface area contributed by atoms with Gasteiger partial charge in [0.05, 0.1) is 15.9 Å². The second-order valence-electron chi connectivity index (χ2n) is 10.4. The van der Waals surface area contributed by atoms with Gasteiger partial charge in [-0.1, -0.05) is 70.6 Å². The molecule has 1 aliphatic carbocycles. The maximum absolute atomic E-state index is 12.7. The molecule has 208 valence electrons. The molecule has 10 nitrogen and oxygen atoms in total. The number of unbranched alkanes of at least 4 members (excludes halogenated alkanes) is 7. The quantitative estimate of drug-likeness (QED) is 0.0993. The summed E-state index contributed by atoms with van der Waals surface area (Å²) in [7, 11) is 0. The van der Waals surface area contributed by atoms with Gasteiger partial charge in [-0.3, -0.25) is 25.0 Å². The zero-order chi connectivity index (χ0) is 28.6. The van der Waals surface area contributed by atoms with E-state index in [-0.39, 0.29) is 5.57 Å². The molecule has 0 fully saturated rings. The molecule has 1 aromatic rings. The number of Topliss-reactive ketones (excluding diaryl/α,β-unsaturated/α-hetero) is 1. The van der Waals surface area contributed by atoms with Gasteiger partial charge < -0.3 is 14.8 Å². The maximum atomic E-state index is 12.7. The highest BCUT2D eigenvalue weighted by molar-refractivity contribution is 6.10. The van der Waals surface area contributed by atoms with Crippen LogP contribution in [0.2, 0.25) is 0 Å². The zero-order valence-electron chi connectivity index (χ0n) is 22.5. The van der Waals surface area contributed by atoms with E-state index in [4.69, 9.17) is 9.90 Å². The first kappa shape index (κ1) is 29.5. The minimum atomic E-state index is -0.889. The van der Waals surface area contributed by atoms with Crippen LogP contribution in [0.1, 0.15) is 77.2 Å². The maximum Gasteiger partial charge on any atom is 0.480 e. The zero-order valence-corrected chi connectivity index (χ0v) is 22.5. The standard InChI is InChI=1S/C29H35N3O7/c1-29(2)23-13-10-11-14-24(23)30(18-12-8-6-4-3-5-7-9-15-27(33)34)26(29)17-16-21-19-22(31(36)37)20-25(28(21)35)32(38)39/h10-11,13-14,16-17,19-20H,3-9,12,15,18H2,1-2H3,(H,33,34)/p+1. The van der Waals surface area contributed by atoms with Crippen molar-refractivity contribution in [3.8, 4) is 0 Å². The first-order valence-corrected chi connectivity index (χ1v) is 13.3. The van der Waals surface area contributed by atoms with Crippen molar-refractivity contribution in [2.45, 2.75) is 77.0 Å². The molecule has 0 saturated carbocycles. The van der Waals surface area contributed by atoms with Gasteiger partial charge in [0.15, 0.2) is 0 Å². The number of para-hydroxylation sites is 1. The van der Waals surface area contributed by atoms with Gasteiger partial charge in [0.2, 0.25) is 0 Å². The minimum absolute atomic E-state index is 0.0952. The summed E-state index contributed by atoms with van der Waals surface area (Å²) in [5.74, 6) is -1.35. The van der Waals surface area contributed by atoms with E-state index in [0.717, 1.165) is 80.9 Å². The van der Waals surface area contributed by atoms with Crippen molar-refractivity contribution in [1.29, 1.82) is 0 Å². The summed E-state index contributed by atoms with van der Waals surface area (Å²) in [5.41, 5.74) is 1.31. The fraction of sp³-hybridized carbons (Fsp3) is 0.448. The van der Waals surface area contributed by atoms with Gasteiger partial charge in [-0.25, -0.2) is 0 Å². The lowest BCUT2D eigenvalue weighted by Crippen LogP contribution is -2.27. The highest BCUT2D eigenvalue weighted by Gasteiger charge is 2.39. The number of hydrogen-bond donors (Lipinski definition) is 1. The SMILES string of the molecule is CC1(C)C(=CC=C2C=C([N+](=O)[O-])C=C([N+](=O)[O-])C2=O)N(CCCCCCCCCCC(O)=[OH+])c2ccccc21. The van der Waals surface area contributed by atoms with E-state index in [1.807, 2.05) is 12.1 Å². The van der Waals surface area contributed by atoms with Crippen molar-refractivity contribution >= 4 is 17.4 Å². The molecule has 0 unspecified atom stereocenters. The van der Waals surface area contributed by atoms with E-state index >= 15 is 0 Å². The number of hydrogen-bond acceptors (Lipinski definition) is 6. The van der Waals surface area contributed by atoms with Gasteiger partial charge in [0.25, 0.3) is 11.5 Å². The number of benzene rings is 1. The predicted molar refractivity (Wildman–Crippen MR) is 149 cm³/mol. The Morgan fingerprint density at radius 3 is 2.18 bits per heavy atom. The van der Waals surface area contributed by atoms with Crippen LogP contribution in [0.25, 0.3) is 0 Å². The molecule has 0 saturated heterocycles. The number of anilines is 1. The second-order valence-corrected chi connectivity index (χ2v) is 10.4. The van der Waals surface area contributed by atoms with E-state index in [1.165, 1.54) is 6.08 Å². The molecule has 3 rings (SSSR count). The van der Waals surface area contributed by atoms with Gasteiger partial charge in [-0.15, -0.1) is 0 Å². The second kappa shape index (κ2) is 13.1. The molecule has 0 aromatic heterocycles. The number of ketones is 1. The van der Waals surface area contributed by atoms with Crippen molar-refractivity contribution in [3.63, 3.8) is 0 Å². The van der Waals surface area contributed by atoms with Crippen LogP contribution in [0.15, 0.2) is 71.2 Å². The summed E-state index contributed by atoms with van der Waals surface area (Å²) in [6.45, 7) is 4.91. The summed E-state index contributed by atoms with van der Waals surface area (Å²) in [6, 6.07) is 8.07. The van der Waals surface area contributed by atoms with E-state index in [9.17, 15) is 25.0 Å². The first-order valence-electron chi connectivity index (χ1n) is 13.3. The molecule has 10 heteroatoms. The Bertz CT molecular complexity index is 1260. The van der Waals surface area contributed by atoms with Crippen LogP contribution in [0, 0.1) is 20.2 Å². The average Bonchev–Trinajstić information content (AvgIpc) is 3.09. The van der Waals surface area contributed by atoms with Crippen LogP contribution in [-0.2, 0) is 10.2 Å². The summed E-state index contributed by atoms with van der Waals surface area (Å²) >= 11 is 0. The summed E-state index contributed by atoms with van der Waals surface area (Å²) in [6.07, 6.45) is 13.5. The number of rotatable bonds is 14. The van der Waals surface area contributed by atoms with Gasteiger partial charge in [-0.2, -0.15) is 0 Å². The number of carbonyl (C=O) groups excluding carboxylic acids is 1. The molecule has 1 aromatic carbocycles. The summed E-state index contributed by atoms with van der Waals surface area (Å²) in [4.78, 5) is 44.7. The van der Waals surface area contributed by atoms with E-state index in [1.54, 1.807) is 6.08 Å². The van der Waals surface area contributed by atoms with Crippen LogP contribution in [0.3, 0.4) is 0 Å². The number of aliphatic hydroxyl groups excluding tert-OH is 1. The van der Waals surface area contributed by atoms with Crippen molar-refractivity contribution < 1.29 is 24.5 Å². The lowest BCUT2D eigenvalue weighted by Gasteiger charge is -2.27. The van der Waals surface area contributed by atoms with Crippen LogP contribution in [0.5, 0.6) is 0 Å². The number of nitro groups is 2. The van der Waals surface area contributed by atoms with Crippen LogP contribution < -0.4 is 4.90 Å². The molecular formula is C29H36N3O7+. The fourth-order valence-corrected chi connectivity index (χ4v) is 5.15. The molecule has 1 heterocycles. The predicted octanol–water partition coefficient (Wildman–Crippen LogP) is 6.07. The molecule has 0 spiro atoms. The minimum Gasteiger partial charge on any atom is -0.344 e. The van der Waals surface area contributed by atoms with E-state index in [2.05, 4.69) is 30.9 Å². The van der Waals surface area contributed by atoms with Crippen molar-refractivity contribution in [2.75, 3.05) is 11.4 Å². The Hall–Kier alpha value is -4.08. The van der Waals surface area contributed by atoms with Gasteiger partial charge in [0, 0.05) is 35.0 Å². The third kappa shape index (κ3) is 7.28. The van der Waals surface area contributed by atoms with Gasteiger partial charge >= 0.3 is 11.7 Å². The van der Waals surface area contributed by atoms with Crippen LogP contribution >= 0.6 is 0 Å². The molecule has 1 aliphatic heterocycles. The van der Waals surface area contributed by atoms with E-state index < -0.39 is 38.4 Å².